The Morgan fingerprint density at radius 1 is 0.610 bits per heavy atom. The molecule has 8 nitrogen and oxygen atoms in total. The molecule has 12 heteroatoms. The van der Waals surface area contributed by atoms with Crippen LogP contribution < -0.4 is 30.7 Å². The Labute approximate surface area is 276 Å². The first kappa shape index (κ1) is 35.5. The molecule has 2 amide bonds. The van der Waals surface area contributed by atoms with Gasteiger partial charge in [0.25, 0.3) is 0 Å². The zero-order valence-electron chi connectivity index (χ0n) is 23.1. The maximum atomic E-state index is 12.1. The van der Waals surface area contributed by atoms with E-state index in [0.717, 1.165) is 74.5 Å². The van der Waals surface area contributed by atoms with Gasteiger partial charge in [0.15, 0.2) is 0 Å². The summed E-state index contributed by atoms with van der Waals surface area (Å²) in [6.45, 7) is 4.71. The number of carbonyl (C=O) groups is 2. The topological polar surface area (TPSA) is 101 Å². The molecule has 0 aromatic heterocycles. The maximum absolute atomic E-state index is 12.1. The van der Waals surface area contributed by atoms with Crippen LogP contribution in [0.2, 0.25) is 0 Å². The van der Waals surface area contributed by atoms with E-state index in [9.17, 15) is 9.59 Å². The number of rotatable bonds is 18. The second-order valence-electron chi connectivity index (χ2n) is 8.84. The number of benzene rings is 2. The van der Waals surface area contributed by atoms with Crippen LogP contribution in [0.1, 0.15) is 30.4 Å². The van der Waals surface area contributed by atoms with Gasteiger partial charge in [-0.15, -0.1) is 0 Å². The molecule has 0 bridgehead atoms. The number of carbonyl (C=O) groups excluding carboxylic acids is 2. The van der Waals surface area contributed by atoms with Gasteiger partial charge >= 0.3 is 0 Å². The second-order valence-corrected chi connectivity index (χ2v) is 12.3. The van der Waals surface area contributed by atoms with Crippen molar-refractivity contribution in [1.82, 2.24) is 21.3 Å². The number of methoxy groups -OCH3 is 2. The van der Waals surface area contributed by atoms with E-state index < -0.39 is 0 Å². The van der Waals surface area contributed by atoms with E-state index in [-0.39, 0.29) is 11.8 Å². The molecule has 0 aliphatic carbocycles. The van der Waals surface area contributed by atoms with Gasteiger partial charge in [-0.3, -0.25) is 9.59 Å². The van der Waals surface area contributed by atoms with Crippen LogP contribution in [-0.2, 0) is 9.59 Å². The zero-order chi connectivity index (χ0) is 30.0. The second kappa shape index (κ2) is 20.2. The number of halogens is 4. The molecule has 224 valence electrons. The lowest BCUT2D eigenvalue weighted by Gasteiger charge is -2.08. The lowest BCUT2D eigenvalue weighted by atomic mass is 10.2. The molecule has 0 spiro atoms. The summed E-state index contributed by atoms with van der Waals surface area (Å²) in [5.41, 5.74) is 1.78. The van der Waals surface area contributed by atoms with Gasteiger partial charge in [0.2, 0.25) is 11.8 Å². The largest absolute Gasteiger partial charge is 0.494 e. The van der Waals surface area contributed by atoms with Crippen molar-refractivity contribution in [2.24, 2.45) is 0 Å². The Hall–Kier alpha value is -1.70. The highest BCUT2D eigenvalue weighted by Gasteiger charge is 2.08. The molecule has 2 aromatic carbocycles. The van der Waals surface area contributed by atoms with Crippen LogP contribution >= 0.6 is 63.7 Å². The van der Waals surface area contributed by atoms with E-state index >= 15 is 0 Å². The van der Waals surface area contributed by atoms with Gasteiger partial charge in [-0.2, -0.15) is 0 Å². The van der Waals surface area contributed by atoms with Crippen LogP contribution in [0.25, 0.3) is 12.2 Å². The summed E-state index contributed by atoms with van der Waals surface area (Å²) in [5.74, 6) is 1.19. The predicted molar refractivity (Wildman–Crippen MR) is 180 cm³/mol. The number of nitrogens with one attached hydrogen (secondary N) is 4. The van der Waals surface area contributed by atoms with Crippen LogP contribution in [0.15, 0.2) is 54.3 Å². The van der Waals surface area contributed by atoms with Crippen molar-refractivity contribution >= 4 is 87.7 Å². The smallest absolute Gasteiger partial charge is 0.243 e. The van der Waals surface area contributed by atoms with Gasteiger partial charge in [0.05, 0.1) is 32.1 Å². The Balaban J connectivity index is 1.44. The van der Waals surface area contributed by atoms with Crippen LogP contribution in [-0.4, -0.2) is 65.3 Å². The number of hydrogen-bond donors (Lipinski definition) is 4. The molecule has 0 saturated heterocycles. The molecule has 0 unspecified atom stereocenters. The van der Waals surface area contributed by atoms with E-state index in [1.165, 1.54) is 12.2 Å². The predicted octanol–water partition coefficient (Wildman–Crippen LogP) is 6.06. The first-order valence-electron chi connectivity index (χ1n) is 13.1. The van der Waals surface area contributed by atoms with Gasteiger partial charge in [-0.25, -0.2) is 0 Å². The minimum atomic E-state index is -0.122. The number of amides is 2. The van der Waals surface area contributed by atoms with Crippen LogP contribution in [0.5, 0.6) is 11.5 Å². The van der Waals surface area contributed by atoms with Gasteiger partial charge < -0.3 is 30.7 Å². The summed E-state index contributed by atoms with van der Waals surface area (Å²) in [4.78, 5) is 24.1. The standard InChI is InChI=1S/C29H36Br4N4O4/c1-40-28-22(30)16-20(17-23(28)31)6-8-26(38)36-14-4-12-34-10-3-11-35-13-5-15-37-27(39)9-7-21-18-24(32)29(41-2)25(33)19-21/h6-9,16-19,34-35H,3-5,10-15H2,1-2H3,(H,36,38)(H,37,39)/b8-6+,9-7+. The molecule has 4 N–H and O–H groups in total. The van der Waals surface area contributed by atoms with Crippen LogP contribution in [0, 0.1) is 0 Å². The average molecular weight is 824 g/mol. The summed E-state index contributed by atoms with van der Waals surface area (Å²) in [7, 11) is 3.21. The highest BCUT2D eigenvalue weighted by atomic mass is 79.9. The van der Waals surface area contributed by atoms with E-state index in [4.69, 9.17) is 9.47 Å². The molecule has 0 heterocycles. The molecule has 0 atom stereocenters. The normalized spacial score (nSPS) is 11.3. The molecule has 41 heavy (non-hydrogen) atoms. The molecule has 0 aliphatic rings. The van der Waals surface area contributed by atoms with Gasteiger partial charge in [0.1, 0.15) is 11.5 Å². The lowest BCUT2D eigenvalue weighted by Crippen LogP contribution is -2.28. The summed E-state index contributed by atoms with van der Waals surface area (Å²) in [6.07, 6.45) is 9.31. The van der Waals surface area contributed by atoms with Crippen molar-refractivity contribution in [1.29, 1.82) is 0 Å². The third kappa shape index (κ3) is 13.9. The fourth-order valence-electron chi connectivity index (χ4n) is 3.64. The van der Waals surface area contributed by atoms with E-state index in [0.29, 0.717) is 24.6 Å². The van der Waals surface area contributed by atoms with Crippen molar-refractivity contribution in [3.05, 3.63) is 65.4 Å². The fourth-order valence-corrected chi connectivity index (χ4v) is 6.73. The third-order valence-electron chi connectivity index (χ3n) is 5.67. The molecule has 0 radical (unpaired) electrons. The van der Waals surface area contributed by atoms with Crippen molar-refractivity contribution in [2.75, 3.05) is 53.5 Å². The molecule has 0 saturated carbocycles. The minimum Gasteiger partial charge on any atom is -0.494 e. The molecule has 0 fully saturated rings. The summed E-state index contributed by atoms with van der Waals surface area (Å²) in [5, 5.41) is 12.6. The SMILES string of the molecule is COc1c(Br)cc(/C=C/C(=O)NCCCNCCCNCCCNC(=O)/C=C/c2cc(Br)c(OC)c(Br)c2)cc1Br. The molecular formula is C29H36Br4N4O4. The highest BCUT2D eigenvalue weighted by Crippen LogP contribution is 2.35. The number of ether oxygens (including phenoxy) is 2. The third-order valence-corrected chi connectivity index (χ3v) is 8.03. The number of hydrogen-bond acceptors (Lipinski definition) is 6. The zero-order valence-corrected chi connectivity index (χ0v) is 29.5. The Bertz CT molecular complexity index is 1070. The quantitative estimate of drug-likeness (QED) is 0.108. The highest BCUT2D eigenvalue weighted by molar-refractivity contribution is 9.11. The first-order chi connectivity index (χ1) is 19.7. The van der Waals surface area contributed by atoms with Crippen LogP contribution in [0.3, 0.4) is 0 Å². The molecular weight excluding hydrogens is 788 g/mol. The van der Waals surface area contributed by atoms with Crippen molar-refractivity contribution < 1.29 is 19.1 Å². The van der Waals surface area contributed by atoms with Gasteiger partial charge in [0, 0.05) is 25.2 Å². The van der Waals surface area contributed by atoms with E-state index in [2.05, 4.69) is 85.0 Å². The first-order valence-corrected chi connectivity index (χ1v) is 16.3. The monoisotopic (exact) mass is 820 g/mol. The Morgan fingerprint density at radius 3 is 1.24 bits per heavy atom. The van der Waals surface area contributed by atoms with E-state index in [1.807, 2.05) is 24.3 Å². The maximum Gasteiger partial charge on any atom is 0.243 e. The van der Waals surface area contributed by atoms with Crippen molar-refractivity contribution in [2.45, 2.75) is 19.3 Å². The Kier molecular flexibility index (Phi) is 17.5. The molecule has 2 rings (SSSR count). The summed E-state index contributed by atoms with van der Waals surface area (Å²) in [6, 6.07) is 7.58. The fraction of sp³-hybridized carbons (Fsp3) is 0.379. The van der Waals surface area contributed by atoms with Crippen molar-refractivity contribution in [3.8, 4) is 11.5 Å². The summed E-state index contributed by atoms with van der Waals surface area (Å²) >= 11 is 13.8. The van der Waals surface area contributed by atoms with E-state index in [1.54, 1.807) is 26.4 Å². The average Bonchev–Trinajstić information content (AvgIpc) is 2.93. The van der Waals surface area contributed by atoms with Crippen LogP contribution in [0.4, 0.5) is 0 Å². The molecule has 0 aliphatic heterocycles. The molecule has 2 aromatic rings. The Morgan fingerprint density at radius 2 is 0.927 bits per heavy atom. The summed E-state index contributed by atoms with van der Waals surface area (Å²) < 4.78 is 13.9. The lowest BCUT2D eigenvalue weighted by molar-refractivity contribution is -0.117. The van der Waals surface area contributed by atoms with Gasteiger partial charge in [-0.1, -0.05) is 0 Å². The minimum absolute atomic E-state index is 0.122. The van der Waals surface area contributed by atoms with Gasteiger partial charge in [-0.05, 0) is 157 Å². The van der Waals surface area contributed by atoms with Crippen molar-refractivity contribution in [3.63, 3.8) is 0 Å².